The smallest absolute Gasteiger partial charge is 0.244 e. The van der Waals surface area contributed by atoms with Crippen LogP contribution in [0.4, 0.5) is 0 Å². The summed E-state index contributed by atoms with van der Waals surface area (Å²) in [5.41, 5.74) is 3.31. The highest BCUT2D eigenvalue weighted by atomic mass is 32.1. The summed E-state index contributed by atoms with van der Waals surface area (Å²) >= 11 is 1.57. The second-order valence-corrected chi connectivity index (χ2v) is 8.05. The Morgan fingerprint density at radius 2 is 1.81 bits per heavy atom. The molecule has 2 heterocycles. The van der Waals surface area contributed by atoms with E-state index in [9.17, 15) is 4.79 Å². The molecule has 0 bridgehead atoms. The second kappa shape index (κ2) is 8.43. The molecule has 0 spiro atoms. The van der Waals surface area contributed by atoms with Gasteiger partial charge >= 0.3 is 0 Å². The fourth-order valence-electron chi connectivity index (χ4n) is 2.89. The van der Waals surface area contributed by atoms with Gasteiger partial charge in [0.05, 0.1) is 6.04 Å². The minimum Gasteiger partial charge on any atom is -0.347 e. The molecule has 0 aliphatic heterocycles. The van der Waals surface area contributed by atoms with Crippen LogP contribution in [-0.4, -0.2) is 26.1 Å². The van der Waals surface area contributed by atoms with Crippen LogP contribution in [0.2, 0.25) is 0 Å². The van der Waals surface area contributed by atoms with Crippen molar-refractivity contribution in [1.82, 2.24) is 25.5 Å². The lowest BCUT2D eigenvalue weighted by molar-refractivity contribution is -0.123. The number of amides is 1. The highest BCUT2D eigenvalue weighted by Crippen LogP contribution is 2.24. The number of rotatable bonds is 7. The predicted octanol–water partition coefficient (Wildman–Crippen LogP) is 4.04. The lowest BCUT2D eigenvalue weighted by atomic mass is 9.93. The summed E-state index contributed by atoms with van der Waals surface area (Å²) in [6.07, 6.45) is 0. The van der Waals surface area contributed by atoms with Gasteiger partial charge in [-0.25, -0.2) is 0 Å². The molecule has 1 amide bonds. The zero-order chi connectivity index (χ0) is 19.4. The first-order valence-corrected chi connectivity index (χ1v) is 10.1. The van der Waals surface area contributed by atoms with Crippen LogP contribution in [0, 0.1) is 5.92 Å². The molecule has 2 aromatic heterocycles. The van der Waals surface area contributed by atoms with Crippen LogP contribution in [0.3, 0.4) is 0 Å². The van der Waals surface area contributed by atoms with Crippen molar-refractivity contribution in [3.8, 4) is 11.4 Å². The Morgan fingerprint density at radius 3 is 2.41 bits per heavy atom. The number of nitrogens with one attached hydrogen (secondary N) is 1. The first-order chi connectivity index (χ1) is 12.9. The summed E-state index contributed by atoms with van der Waals surface area (Å²) in [5.74, 6) is 1.16. The number of aromatic nitrogens is 4. The Bertz CT molecular complexity index is 868. The molecule has 3 aromatic rings. The molecule has 7 heteroatoms. The Morgan fingerprint density at radius 1 is 1.11 bits per heavy atom. The molecular weight excluding hydrogens is 358 g/mol. The maximum Gasteiger partial charge on any atom is 0.244 e. The molecule has 0 aliphatic rings. The number of hydrogen-bond acceptors (Lipinski definition) is 5. The highest BCUT2D eigenvalue weighted by Gasteiger charge is 2.19. The molecule has 0 saturated carbocycles. The van der Waals surface area contributed by atoms with Gasteiger partial charge in [0.1, 0.15) is 6.54 Å². The maximum atomic E-state index is 12.5. The lowest BCUT2D eigenvalue weighted by Gasteiger charge is -2.23. The van der Waals surface area contributed by atoms with E-state index in [1.807, 2.05) is 16.8 Å². The van der Waals surface area contributed by atoms with Gasteiger partial charge in [0.2, 0.25) is 11.7 Å². The third-order valence-corrected chi connectivity index (χ3v) is 5.15. The summed E-state index contributed by atoms with van der Waals surface area (Å²) < 4.78 is 0. The van der Waals surface area contributed by atoms with Gasteiger partial charge in [-0.15, -0.1) is 10.2 Å². The Hall–Kier alpha value is -2.54. The lowest BCUT2D eigenvalue weighted by Crippen LogP contribution is -2.34. The van der Waals surface area contributed by atoms with E-state index in [-0.39, 0.29) is 24.4 Å². The topological polar surface area (TPSA) is 72.7 Å². The average molecular weight is 384 g/mol. The molecule has 1 N–H and O–H groups in total. The first-order valence-electron chi connectivity index (χ1n) is 9.13. The Balaban J connectivity index is 1.67. The molecule has 0 fully saturated rings. The van der Waals surface area contributed by atoms with Crippen LogP contribution in [0.15, 0.2) is 41.1 Å². The van der Waals surface area contributed by atoms with Crippen molar-refractivity contribution >= 4 is 17.2 Å². The van der Waals surface area contributed by atoms with Gasteiger partial charge in [0.15, 0.2) is 0 Å². The molecule has 1 aromatic carbocycles. The number of tetrazole rings is 1. The van der Waals surface area contributed by atoms with Crippen molar-refractivity contribution < 1.29 is 4.79 Å². The zero-order valence-electron chi connectivity index (χ0n) is 16.1. The summed E-state index contributed by atoms with van der Waals surface area (Å²) in [6, 6.07) is 10.3. The minimum atomic E-state index is -0.129. The van der Waals surface area contributed by atoms with Gasteiger partial charge in [0, 0.05) is 10.9 Å². The predicted molar refractivity (Wildman–Crippen MR) is 107 cm³/mol. The number of carbonyl (C=O) groups is 1. The van der Waals surface area contributed by atoms with E-state index >= 15 is 0 Å². The van der Waals surface area contributed by atoms with Gasteiger partial charge in [-0.1, -0.05) is 52.0 Å². The maximum absolute atomic E-state index is 12.5. The van der Waals surface area contributed by atoms with Crippen molar-refractivity contribution in [2.24, 2.45) is 5.92 Å². The van der Waals surface area contributed by atoms with Crippen molar-refractivity contribution in [1.29, 1.82) is 0 Å². The number of benzene rings is 1. The fourth-order valence-corrected chi connectivity index (χ4v) is 3.52. The van der Waals surface area contributed by atoms with Crippen molar-refractivity contribution in [3.05, 3.63) is 52.2 Å². The second-order valence-electron chi connectivity index (χ2n) is 7.27. The molecule has 6 nitrogen and oxygen atoms in total. The molecule has 3 rings (SSSR count). The number of hydrogen-bond donors (Lipinski definition) is 1. The van der Waals surface area contributed by atoms with Crippen LogP contribution in [-0.2, 0) is 11.3 Å². The van der Waals surface area contributed by atoms with Gasteiger partial charge in [0.25, 0.3) is 0 Å². The number of nitrogens with zero attached hydrogens (tertiary/aromatic N) is 4. The van der Waals surface area contributed by atoms with E-state index < -0.39 is 0 Å². The summed E-state index contributed by atoms with van der Waals surface area (Å²) in [4.78, 5) is 13.9. The van der Waals surface area contributed by atoms with Gasteiger partial charge in [-0.2, -0.15) is 16.1 Å². The van der Waals surface area contributed by atoms with Crippen LogP contribution >= 0.6 is 11.3 Å². The van der Waals surface area contributed by atoms with Crippen molar-refractivity contribution in [3.63, 3.8) is 0 Å². The first kappa shape index (κ1) is 19.2. The standard InChI is InChI=1S/C20H25N5OS/c1-13(2)15-5-7-16(8-6-15)19(14(3)4)21-18(26)11-25-23-20(22-24-25)17-9-10-27-12-17/h5-10,12-14,19H,11H2,1-4H3,(H,21,26)/t19-/m1/s1. The van der Waals surface area contributed by atoms with Crippen molar-refractivity contribution in [2.45, 2.75) is 46.2 Å². The van der Waals surface area contributed by atoms with Crippen LogP contribution in [0.1, 0.15) is 50.8 Å². The monoisotopic (exact) mass is 383 g/mol. The number of carbonyl (C=O) groups excluding carboxylic acids is 1. The molecule has 0 radical (unpaired) electrons. The van der Waals surface area contributed by atoms with E-state index in [4.69, 9.17) is 0 Å². The third kappa shape index (κ3) is 4.80. The minimum absolute atomic E-state index is 0.0461. The van der Waals surface area contributed by atoms with E-state index in [0.717, 1.165) is 11.1 Å². The van der Waals surface area contributed by atoms with Crippen LogP contribution in [0.5, 0.6) is 0 Å². The van der Waals surface area contributed by atoms with E-state index in [1.165, 1.54) is 10.4 Å². The van der Waals surface area contributed by atoms with E-state index in [2.05, 4.69) is 72.7 Å². The fraction of sp³-hybridized carbons (Fsp3) is 0.400. The highest BCUT2D eigenvalue weighted by molar-refractivity contribution is 7.08. The molecule has 142 valence electrons. The third-order valence-electron chi connectivity index (χ3n) is 4.46. The molecule has 0 unspecified atom stereocenters. The van der Waals surface area contributed by atoms with Crippen LogP contribution < -0.4 is 5.32 Å². The quantitative estimate of drug-likeness (QED) is 0.668. The number of thiophene rings is 1. The largest absolute Gasteiger partial charge is 0.347 e. The Kier molecular flexibility index (Phi) is 6.01. The normalized spacial score (nSPS) is 12.5. The van der Waals surface area contributed by atoms with Gasteiger partial charge < -0.3 is 5.32 Å². The summed E-state index contributed by atoms with van der Waals surface area (Å²) in [6.45, 7) is 8.59. The molecular formula is C20H25N5OS. The molecule has 0 saturated heterocycles. The van der Waals surface area contributed by atoms with Gasteiger partial charge in [-0.05, 0) is 39.6 Å². The molecule has 1 atom stereocenters. The molecule has 0 aliphatic carbocycles. The van der Waals surface area contributed by atoms with Crippen LogP contribution in [0.25, 0.3) is 11.4 Å². The SMILES string of the molecule is CC(C)c1ccc([C@H](NC(=O)Cn2nnc(-c3ccsc3)n2)C(C)C)cc1. The zero-order valence-corrected chi connectivity index (χ0v) is 16.9. The summed E-state index contributed by atoms with van der Waals surface area (Å²) in [7, 11) is 0. The van der Waals surface area contributed by atoms with Gasteiger partial charge in [-0.3, -0.25) is 4.79 Å². The Labute approximate surface area is 163 Å². The summed E-state index contributed by atoms with van der Waals surface area (Å²) in [5, 5.41) is 19.3. The van der Waals surface area contributed by atoms with Crippen molar-refractivity contribution in [2.75, 3.05) is 0 Å². The average Bonchev–Trinajstić information content (AvgIpc) is 3.31. The molecule has 27 heavy (non-hydrogen) atoms. The van der Waals surface area contributed by atoms with E-state index in [1.54, 1.807) is 11.3 Å². The van der Waals surface area contributed by atoms with E-state index in [0.29, 0.717) is 11.7 Å².